The van der Waals surface area contributed by atoms with Crippen molar-refractivity contribution in [2.45, 2.75) is 6.92 Å². The Hall–Kier alpha value is -3.54. The molecule has 1 saturated heterocycles. The number of rotatable bonds is 3. The Balaban J connectivity index is 1.50. The lowest BCUT2D eigenvalue weighted by atomic mass is 10.1. The molecule has 30 heavy (non-hydrogen) atoms. The van der Waals surface area contributed by atoms with Crippen molar-refractivity contribution in [1.29, 1.82) is 0 Å². The molecule has 150 valence electrons. The van der Waals surface area contributed by atoms with Gasteiger partial charge in [0.25, 0.3) is 0 Å². The molecule has 0 radical (unpaired) electrons. The fourth-order valence-corrected chi connectivity index (χ4v) is 4.01. The second-order valence-electron chi connectivity index (χ2n) is 7.53. The molecule has 0 amide bonds. The number of halogens is 1. The summed E-state index contributed by atoms with van der Waals surface area (Å²) in [5.74, 6) is 1.45. The largest absolute Gasteiger partial charge is 0.368 e. The van der Waals surface area contributed by atoms with E-state index in [-0.39, 0.29) is 5.82 Å². The maximum atomic E-state index is 13.3. The van der Waals surface area contributed by atoms with Crippen LogP contribution in [0.3, 0.4) is 0 Å². The zero-order chi connectivity index (χ0) is 20.5. The van der Waals surface area contributed by atoms with Gasteiger partial charge in [-0.2, -0.15) is 0 Å². The second-order valence-corrected chi connectivity index (χ2v) is 7.53. The molecule has 1 aliphatic heterocycles. The van der Waals surface area contributed by atoms with E-state index in [2.05, 4.69) is 27.8 Å². The summed E-state index contributed by atoms with van der Waals surface area (Å²) in [5, 5.41) is 1.10. The predicted molar refractivity (Wildman–Crippen MR) is 118 cm³/mol. The molecule has 0 spiro atoms. The summed E-state index contributed by atoms with van der Waals surface area (Å²) in [6.07, 6.45) is 3.55. The van der Waals surface area contributed by atoms with Crippen molar-refractivity contribution in [2.24, 2.45) is 0 Å². The van der Waals surface area contributed by atoms with Crippen molar-refractivity contribution in [1.82, 2.24) is 15.0 Å². The first kappa shape index (κ1) is 18.5. The molecule has 1 fully saturated rings. The van der Waals surface area contributed by atoms with Gasteiger partial charge in [0.1, 0.15) is 11.6 Å². The molecule has 0 unspecified atom stereocenters. The quantitative estimate of drug-likeness (QED) is 0.509. The maximum Gasteiger partial charge on any atom is 0.163 e. The van der Waals surface area contributed by atoms with Gasteiger partial charge < -0.3 is 9.80 Å². The molecule has 0 N–H and O–H groups in total. The molecular formula is C24H22FN5. The number of aromatic nitrogens is 3. The Morgan fingerprint density at radius 3 is 2.33 bits per heavy atom. The number of hydrogen-bond donors (Lipinski definition) is 0. The highest BCUT2D eigenvalue weighted by atomic mass is 19.1. The van der Waals surface area contributed by atoms with Crippen molar-refractivity contribution in [3.05, 3.63) is 78.4 Å². The SMILES string of the molecule is Cc1cccc2nc(-c3cccnc3)nc(N3CCN(c4ccc(F)cc4)CC3)c12. The van der Waals surface area contributed by atoms with Crippen LogP contribution in [0.2, 0.25) is 0 Å². The molecule has 0 bridgehead atoms. The molecule has 2 aromatic heterocycles. The molecule has 2 aromatic carbocycles. The molecule has 5 rings (SSSR count). The number of aryl methyl sites for hydroxylation is 1. The van der Waals surface area contributed by atoms with Crippen LogP contribution in [-0.2, 0) is 0 Å². The fraction of sp³-hybridized carbons (Fsp3) is 0.208. The first-order valence-corrected chi connectivity index (χ1v) is 10.1. The topological polar surface area (TPSA) is 45.2 Å². The number of hydrogen-bond acceptors (Lipinski definition) is 5. The number of fused-ring (bicyclic) bond motifs is 1. The van der Waals surface area contributed by atoms with Gasteiger partial charge in [-0.3, -0.25) is 4.98 Å². The van der Waals surface area contributed by atoms with Crippen LogP contribution in [0.1, 0.15) is 5.56 Å². The highest BCUT2D eigenvalue weighted by Crippen LogP contribution is 2.31. The lowest BCUT2D eigenvalue weighted by Gasteiger charge is -2.37. The van der Waals surface area contributed by atoms with Crippen LogP contribution >= 0.6 is 0 Å². The van der Waals surface area contributed by atoms with Crippen LogP contribution in [0.4, 0.5) is 15.9 Å². The Morgan fingerprint density at radius 1 is 0.833 bits per heavy atom. The highest BCUT2D eigenvalue weighted by Gasteiger charge is 2.22. The second kappa shape index (κ2) is 7.71. The van der Waals surface area contributed by atoms with Crippen molar-refractivity contribution in [3.8, 4) is 11.4 Å². The first-order valence-electron chi connectivity index (χ1n) is 10.1. The Morgan fingerprint density at radius 2 is 1.60 bits per heavy atom. The molecule has 6 heteroatoms. The summed E-state index contributed by atoms with van der Waals surface area (Å²) in [4.78, 5) is 18.6. The van der Waals surface area contributed by atoms with Gasteiger partial charge in [0.15, 0.2) is 5.82 Å². The van der Waals surface area contributed by atoms with E-state index >= 15 is 0 Å². The van der Waals surface area contributed by atoms with Gasteiger partial charge in [-0.05, 0) is 55.0 Å². The van der Waals surface area contributed by atoms with Gasteiger partial charge >= 0.3 is 0 Å². The molecule has 3 heterocycles. The Labute approximate surface area is 174 Å². The number of pyridine rings is 1. The summed E-state index contributed by atoms with van der Waals surface area (Å²) in [5.41, 5.74) is 4.07. The van der Waals surface area contributed by atoms with E-state index < -0.39 is 0 Å². The Kier molecular flexibility index (Phi) is 4.75. The third kappa shape index (κ3) is 3.45. The van der Waals surface area contributed by atoms with Gasteiger partial charge in [-0.25, -0.2) is 14.4 Å². The van der Waals surface area contributed by atoms with Gasteiger partial charge in [0.2, 0.25) is 0 Å². The summed E-state index contributed by atoms with van der Waals surface area (Å²) in [7, 11) is 0. The third-order valence-electron chi connectivity index (χ3n) is 5.60. The van der Waals surface area contributed by atoms with Gasteiger partial charge in [-0.1, -0.05) is 12.1 Å². The molecular weight excluding hydrogens is 377 g/mol. The van der Waals surface area contributed by atoms with Crippen molar-refractivity contribution >= 4 is 22.4 Å². The van der Waals surface area contributed by atoms with Crippen molar-refractivity contribution < 1.29 is 4.39 Å². The summed E-state index contributed by atoms with van der Waals surface area (Å²) in [6.45, 7) is 5.48. The molecule has 0 atom stereocenters. The first-order chi connectivity index (χ1) is 14.7. The molecule has 5 nitrogen and oxygen atoms in total. The van der Waals surface area contributed by atoms with Gasteiger partial charge in [-0.15, -0.1) is 0 Å². The monoisotopic (exact) mass is 399 g/mol. The predicted octanol–water partition coefficient (Wildman–Crippen LogP) is 4.47. The number of nitrogens with zero attached hydrogens (tertiary/aromatic N) is 5. The average molecular weight is 399 g/mol. The van der Waals surface area contributed by atoms with E-state index in [9.17, 15) is 4.39 Å². The standard InChI is InChI=1S/C24H22FN5/c1-17-4-2-6-21-22(17)24(28-23(27-21)18-5-3-11-26-16-18)30-14-12-29(13-15-30)20-9-7-19(25)8-10-20/h2-11,16H,12-15H2,1H3. The summed E-state index contributed by atoms with van der Waals surface area (Å²) >= 11 is 0. The fourth-order valence-electron chi connectivity index (χ4n) is 4.01. The van der Waals surface area contributed by atoms with E-state index in [1.807, 2.05) is 36.4 Å². The van der Waals surface area contributed by atoms with E-state index in [0.717, 1.165) is 54.2 Å². The van der Waals surface area contributed by atoms with Crippen LogP contribution in [-0.4, -0.2) is 41.1 Å². The molecule has 0 saturated carbocycles. The summed E-state index contributed by atoms with van der Waals surface area (Å²) in [6, 6.07) is 16.8. The van der Waals surface area contributed by atoms with Gasteiger partial charge in [0.05, 0.1) is 5.52 Å². The van der Waals surface area contributed by atoms with Crippen LogP contribution < -0.4 is 9.80 Å². The zero-order valence-electron chi connectivity index (χ0n) is 16.8. The van der Waals surface area contributed by atoms with Crippen LogP contribution in [0.5, 0.6) is 0 Å². The molecule has 4 aromatic rings. The van der Waals surface area contributed by atoms with Crippen molar-refractivity contribution in [2.75, 3.05) is 36.0 Å². The normalized spacial score (nSPS) is 14.3. The van der Waals surface area contributed by atoms with Crippen LogP contribution in [0.15, 0.2) is 67.0 Å². The highest BCUT2D eigenvalue weighted by molar-refractivity contribution is 5.93. The maximum absolute atomic E-state index is 13.3. The minimum absolute atomic E-state index is 0.205. The number of anilines is 2. The smallest absolute Gasteiger partial charge is 0.163 e. The molecule has 0 aliphatic carbocycles. The average Bonchev–Trinajstić information content (AvgIpc) is 2.80. The van der Waals surface area contributed by atoms with Crippen molar-refractivity contribution in [3.63, 3.8) is 0 Å². The summed E-state index contributed by atoms with van der Waals surface area (Å²) < 4.78 is 13.3. The van der Waals surface area contributed by atoms with E-state index in [1.54, 1.807) is 12.4 Å². The van der Waals surface area contributed by atoms with Crippen LogP contribution in [0.25, 0.3) is 22.3 Å². The third-order valence-corrected chi connectivity index (χ3v) is 5.60. The van der Waals surface area contributed by atoms with Gasteiger partial charge in [0, 0.05) is 55.2 Å². The van der Waals surface area contributed by atoms with E-state index in [4.69, 9.17) is 9.97 Å². The van der Waals surface area contributed by atoms with E-state index in [1.165, 1.54) is 17.7 Å². The zero-order valence-corrected chi connectivity index (χ0v) is 16.8. The lowest BCUT2D eigenvalue weighted by molar-refractivity contribution is 0.624. The minimum atomic E-state index is -0.205. The minimum Gasteiger partial charge on any atom is -0.368 e. The number of benzene rings is 2. The Bertz CT molecular complexity index is 1170. The lowest BCUT2D eigenvalue weighted by Crippen LogP contribution is -2.47. The van der Waals surface area contributed by atoms with E-state index in [0.29, 0.717) is 5.82 Å². The van der Waals surface area contributed by atoms with Crippen LogP contribution in [0, 0.1) is 12.7 Å². The number of piperazine rings is 1. The molecule has 1 aliphatic rings.